The molecule has 2 aromatic carbocycles. The quantitative estimate of drug-likeness (QED) is 0.319. The number of fused-ring (bicyclic) bond motifs is 3. The van der Waals surface area contributed by atoms with E-state index in [-0.39, 0.29) is 34.8 Å². The normalized spacial score (nSPS) is 16.0. The minimum atomic E-state index is -3.76. The molecule has 3 amide bonds. The molecule has 0 saturated carbocycles. The molecule has 3 heterocycles. The number of primary sulfonamides is 1. The van der Waals surface area contributed by atoms with Crippen LogP contribution in [0.5, 0.6) is 0 Å². The Balaban J connectivity index is 1.19. The summed E-state index contributed by atoms with van der Waals surface area (Å²) < 4.78 is 22.8. The standard InChI is InChI=1S/C27H26N6O5S3/c28-41(37,38)19-9-7-17(8-10-19)11-12-29-24(35)16-40-27-32-21-6-2-1-5-20(21)25-31-22(26(36)33(25)27)14-23(34)30-15-18-4-3-13-39-18/h1-10,13,22H,11-12,14-16H2,(H,29,35)(H,30,34)(H2,28,37,38)/t22-/m0/s1. The monoisotopic (exact) mass is 610 g/mol. The van der Waals surface area contributed by atoms with Crippen LogP contribution < -0.4 is 15.8 Å². The summed E-state index contributed by atoms with van der Waals surface area (Å²) in [5, 5.41) is 13.0. The van der Waals surface area contributed by atoms with Gasteiger partial charge in [-0.15, -0.1) is 11.3 Å². The minimum absolute atomic E-state index is 0.00832. The molecule has 0 spiro atoms. The molecule has 0 aliphatic carbocycles. The summed E-state index contributed by atoms with van der Waals surface area (Å²) in [5.74, 6) is -0.474. The Bertz CT molecular complexity index is 1640. The van der Waals surface area contributed by atoms with E-state index in [0.29, 0.717) is 41.8 Å². The number of nitrogens with zero attached hydrogens (tertiary/aromatic N) is 3. The lowest BCUT2D eigenvalue weighted by Crippen LogP contribution is -2.42. The summed E-state index contributed by atoms with van der Waals surface area (Å²) in [7, 11) is -3.76. The smallest absolute Gasteiger partial charge is 0.259 e. The van der Waals surface area contributed by atoms with Crippen molar-refractivity contribution < 1.29 is 22.8 Å². The molecule has 1 aromatic heterocycles. The van der Waals surface area contributed by atoms with E-state index in [9.17, 15) is 22.8 Å². The molecule has 5 rings (SSSR count). The second-order valence-corrected chi connectivity index (χ2v) is 12.7. The first-order valence-corrected chi connectivity index (χ1v) is 16.0. The van der Waals surface area contributed by atoms with Crippen molar-refractivity contribution in [3.8, 4) is 0 Å². The molecule has 212 valence electrons. The van der Waals surface area contributed by atoms with Crippen LogP contribution in [0.1, 0.15) is 22.4 Å². The zero-order valence-corrected chi connectivity index (χ0v) is 24.1. The predicted octanol–water partition coefficient (Wildman–Crippen LogP) is 2.15. The number of para-hydroxylation sites is 1. The van der Waals surface area contributed by atoms with Gasteiger partial charge in [-0.25, -0.2) is 23.4 Å². The van der Waals surface area contributed by atoms with Gasteiger partial charge in [-0.05, 0) is 47.7 Å². The highest BCUT2D eigenvalue weighted by atomic mass is 32.2. The van der Waals surface area contributed by atoms with E-state index >= 15 is 0 Å². The number of carbonyl (C=O) groups is 3. The van der Waals surface area contributed by atoms with Crippen molar-refractivity contribution in [1.29, 1.82) is 0 Å². The summed E-state index contributed by atoms with van der Waals surface area (Å²) in [6, 6.07) is 16.4. The summed E-state index contributed by atoms with van der Waals surface area (Å²) in [6.07, 6.45) is 0.399. The number of thioether (sulfide) groups is 1. The van der Waals surface area contributed by atoms with Crippen LogP contribution in [-0.2, 0) is 37.4 Å². The van der Waals surface area contributed by atoms with Gasteiger partial charge in [0, 0.05) is 17.0 Å². The van der Waals surface area contributed by atoms with Gasteiger partial charge in [-0.2, -0.15) is 0 Å². The van der Waals surface area contributed by atoms with Crippen molar-refractivity contribution in [2.24, 2.45) is 15.1 Å². The van der Waals surface area contributed by atoms with Crippen molar-refractivity contribution in [3.05, 3.63) is 82.0 Å². The Labute approximate surface area is 245 Å². The van der Waals surface area contributed by atoms with Crippen LogP contribution in [-0.4, -0.2) is 60.4 Å². The van der Waals surface area contributed by atoms with Gasteiger partial charge in [-0.1, -0.05) is 42.1 Å². The number of thiophene rings is 1. The maximum absolute atomic E-state index is 13.4. The Morgan fingerprint density at radius 3 is 2.54 bits per heavy atom. The number of rotatable bonds is 10. The molecule has 41 heavy (non-hydrogen) atoms. The molecule has 0 unspecified atom stereocenters. The number of nitrogens with two attached hydrogens (primary N) is 1. The molecule has 2 aliphatic heterocycles. The number of amides is 3. The minimum Gasteiger partial charge on any atom is -0.355 e. The van der Waals surface area contributed by atoms with Crippen LogP contribution in [0.2, 0.25) is 0 Å². The first kappa shape index (κ1) is 28.7. The third kappa shape index (κ3) is 6.90. The maximum atomic E-state index is 13.4. The molecule has 2 aliphatic rings. The van der Waals surface area contributed by atoms with Crippen LogP contribution in [0.3, 0.4) is 0 Å². The largest absolute Gasteiger partial charge is 0.355 e. The molecule has 0 radical (unpaired) electrons. The second-order valence-electron chi connectivity index (χ2n) is 9.19. The van der Waals surface area contributed by atoms with Crippen molar-refractivity contribution in [3.63, 3.8) is 0 Å². The number of hydrogen-bond donors (Lipinski definition) is 3. The number of sulfonamides is 1. The third-order valence-electron chi connectivity index (χ3n) is 6.29. The fourth-order valence-corrected chi connectivity index (χ4v) is 6.24. The Kier molecular flexibility index (Phi) is 8.63. The molecule has 11 nitrogen and oxygen atoms in total. The molecule has 0 saturated heterocycles. The molecule has 0 bridgehead atoms. The topological polar surface area (TPSA) is 163 Å². The van der Waals surface area contributed by atoms with Gasteiger partial charge in [-0.3, -0.25) is 19.4 Å². The number of amidine groups is 2. The van der Waals surface area contributed by atoms with E-state index in [2.05, 4.69) is 20.6 Å². The van der Waals surface area contributed by atoms with Gasteiger partial charge < -0.3 is 10.6 Å². The van der Waals surface area contributed by atoms with E-state index in [0.717, 1.165) is 22.2 Å². The van der Waals surface area contributed by atoms with E-state index < -0.39 is 16.1 Å². The molecule has 3 aromatic rings. The summed E-state index contributed by atoms with van der Waals surface area (Å²) in [4.78, 5) is 50.2. The lowest BCUT2D eigenvalue weighted by atomic mass is 10.1. The molecular formula is C27H26N6O5S3. The Morgan fingerprint density at radius 2 is 1.80 bits per heavy atom. The third-order valence-corrected chi connectivity index (χ3v) is 9.03. The van der Waals surface area contributed by atoms with Crippen molar-refractivity contribution in [1.82, 2.24) is 15.5 Å². The van der Waals surface area contributed by atoms with Crippen LogP contribution in [0.4, 0.5) is 5.69 Å². The zero-order valence-electron chi connectivity index (χ0n) is 21.6. The summed E-state index contributed by atoms with van der Waals surface area (Å²) in [5.41, 5.74) is 2.15. The lowest BCUT2D eigenvalue weighted by Gasteiger charge is -2.25. The SMILES string of the molecule is NS(=O)(=O)c1ccc(CCNC(=O)CSC2=Nc3ccccc3C3=N[C@@H](CC(=O)NCc4cccs4)C(=O)N23)cc1. The first-order chi connectivity index (χ1) is 19.7. The number of hydrogen-bond acceptors (Lipinski definition) is 9. The van der Waals surface area contributed by atoms with Crippen molar-refractivity contribution in [2.45, 2.75) is 30.3 Å². The van der Waals surface area contributed by atoms with E-state index in [1.165, 1.54) is 28.4 Å². The Morgan fingerprint density at radius 1 is 1.02 bits per heavy atom. The van der Waals surface area contributed by atoms with E-state index in [4.69, 9.17) is 5.14 Å². The molecule has 4 N–H and O–H groups in total. The average Bonchev–Trinajstić information content (AvgIpc) is 3.59. The van der Waals surface area contributed by atoms with Crippen molar-refractivity contribution >= 4 is 67.5 Å². The molecular weight excluding hydrogens is 585 g/mol. The lowest BCUT2D eigenvalue weighted by molar-refractivity contribution is -0.128. The van der Waals surface area contributed by atoms with Gasteiger partial charge >= 0.3 is 0 Å². The zero-order chi connectivity index (χ0) is 29.0. The molecule has 0 fully saturated rings. The maximum Gasteiger partial charge on any atom is 0.259 e. The average molecular weight is 611 g/mol. The number of aliphatic imine (C=N–C) groups is 2. The molecule has 14 heteroatoms. The number of carbonyl (C=O) groups excluding carboxylic acids is 3. The number of nitrogens with one attached hydrogen (secondary N) is 2. The second kappa shape index (κ2) is 12.3. The Hall–Kier alpha value is -3.85. The van der Waals surface area contributed by atoms with Crippen LogP contribution in [0.25, 0.3) is 0 Å². The highest BCUT2D eigenvalue weighted by Crippen LogP contribution is 2.34. The summed E-state index contributed by atoms with van der Waals surface area (Å²) in [6.45, 7) is 0.723. The summed E-state index contributed by atoms with van der Waals surface area (Å²) >= 11 is 2.65. The van der Waals surface area contributed by atoms with Gasteiger partial charge in [0.25, 0.3) is 5.91 Å². The van der Waals surface area contributed by atoms with Gasteiger partial charge in [0.05, 0.1) is 29.3 Å². The van der Waals surface area contributed by atoms with Gasteiger partial charge in [0.1, 0.15) is 11.9 Å². The van der Waals surface area contributed by atoms with Crippen LogP contribution >= 0.6 is 23.1 Å². The van der Waals surface area contributed by atoms with Crippen molar-refractivity contribution in [2.75, 3.05) is 12.3 Å². The number of benzene rings is 2. The van der Waals surface area contributed by atoms with E-state index in [1.807, 2.05) is 41.8 Å². The van der Waals surface area contributed by atoms with E-state index in [1.54, 1.807) is 12.1 Å². The van der Waals surface area contributed by atoms with Gasteiger partial charge in [0.15, 0.2) is 5.17 Å². The fraction of sp³-hybridized carbons (Fsp3) is 0.222. The first-order valence-electron chi connectivity index (χ1n) is 12.6. The fourth-order valence-electron chi connectivity index (χ4n) is 4.25. The highest BCUT2D eigenvalue weighted by Gasteiger charge is 2.42. The predicted molar refractivity (Wildman–Crippen MR) is 158 cm³/mol. The van der Waals surface area contributed by atoms with Gasteiger partial charge in [0.2, 0.25) is 21.8 Å². The van der Waals surface area contributed by atoms with Crippen LogP contribution in [0, 0.1) is 0 Å². The molecule has 1 atom stereocenters. The highest BCUT2D eigenvalue weighted by molar-refractivity contribution is 8.14. The van der Waals surface area contributed by atoms with Crippen LogP contribution in [0.15, 0.2) is 80.9 Å².